The minimum Gasteiger partial charge on any atom is -0.381 e. The third-order valence-electron chi connectivity index (χ3n) is 6.53. The fourth-order valence-electron chi connectivity index (χ4n) is 4.98. The van der Waals surface area contributed by atoms with Crippen molar-refractivity contribution in [2.24, 2.45) is 11.8 Å². The number of alkyl halides is 3. The number of Topliss-reactive ketones (excluding diaryl/α,β-unsaturated/α-hetero) is 2. The molecular weight excluding hydrogens is 405 g/mol. The highest BCUT2D eigenvalue weighted by atomic mass is 19.4. The van der Waals surface area contributed by atoms with Gasteiger partial charge >= 0.3 is 6.18 Å². The monoisotopic (exact) mass is 430 g/mol. The molecule has 2 aliphatic rings. The molecule has 3 unspecified atom stereocenters. The molecule has 2 aromatic rings. The van der Waals surface area contributed by atoms with Crippen LogP contribution in [-0.2, 0) is 20.5 Å². The van der Waals surface area contributed by atoms with Crippen LogP contribution in [0.2, 0.25) is 0 Å². The average Bonchev–Trinajstić information content (AvgIpc) is 3.30. The molecule has 164 valence electrons. The van der Waals surface area contributed by atoms with Gasteiger partial charge in [-0.2, -0.15) is 13.2 Å². The molecule has 0 amide bonds. The highest BCUT2D eigenvalue weighted by Gasteiger charge is 2.44. The molecule has 1 saturated heterocycles. The zero-order chi connectivity index (χ0) is 22.3. The first-order chi connectivity index (χ1) is 14.6. The smallest absolute Gasteiger partial charge is 0.381 e. The van der Waals surface area contributed by atoms with E-state index in [-0.39, 0.29) is 23.9 Å². The first-order valence-electron chi connectivity index (χ1n) is 10.6. The predicted molar refractivity (Wildman–Crippen MR) is 111 cm³/mol. The highest BCUT2D eigenvalue weighted by Crippen LogP contribution is 2.40. The Morgan fingerprint density at radius 1 is 1.00 bits per heavy atom. The van der Waals surface area contributed by atoms with Gasteiger partial charge in [0.2, 0.25) is 0 Å². The van der Waals surface area contributed by atoms with Crippen molar-refractivity contribution in [1.29, 1.82) is 0 Å². The topological polar surface area (TPSA) is 43.4 Å². The minimum atomic E-state index is -4.38. The summed E-state index contributed by atoms with van der Waals surface area (Å²) in [5.41, 5.74) is 3.11. The average molecular weight is 430 g/mol. The third kappa shape index (κ3) is 4.31. The lowest BCUT2D eigenvalue weighted by atomic mass is 9.84. The molecule has 1 heterocycles. The second-order valence-corrected chi connectivity index (χ2v) is 8.77. The lowest BCUT2D eigenvalue weighted by Crippen LogP contribution is -2.19. The second kappa shape index (κ2) is 8.23. The number of ketones is 2. The number of carbonyl (C=O) groups is 2. The van der Waals surface area contributed by atoms with Crippen LogP contribution in [-0.4, -0.2) is 24.8 Å². The number of ether oxygens (including phenoxy) is 1. The zero-order valence-corrected chi connectivity index (χ0v) is 17.6. The molecule has 2 fully saturated rings. The van der Waals surface area contributed by atoms with Crippen LogP contribution in [0.3, 0.4) is 0 Å². The van der Waals surface area contributed by atoms with Gasteiger partial charge < -0.3 is 4.74 Å². The van der Waals surface area contributed by atoms with Crippen LogP contribution in [0.1, 0.15) is 47.4 Å². The normalized spacial score (nSPS) is 24.2. The fourth-order valence-corrected chi connectivity index (χ4v) is 4.98. The van der Waals surface area contributed by atoms with Gasteiger partial charge in [0.1, 0.15) is 11.7 Å². The molecule has 31 heavy (non-hydrogen) atoms. The highest BCUT2D eigenvalue weighted by molar-refractivity contribution is 6.15. The standard InChI is InChI=1S/C25H25F3O3/c1-14-9-18(17-3-5-20(6-4-17)25(26,27)28)10-15(2)22(14)23-21(29)12-19(24(23)30)11-16-7-8-31-13-16/h3-6,9-10,16,19,23H,7-8,11-13H2,1-2H3. The first-order valence-corrected chi connectivity index (χ1v) is 10.6. The summed E-state index contributed by atoms with van der Waals surface area (Å²) < 4.78 is 43.9. The molecule has 1 saturated carbocycles. The van der Waals surface area contributed by atoms with E-state index in [9.17, 15) is 22.8 Å². The number of hydrogen-bond donors (Lipinski definition) is 0. The van der Waals surface area contributed by atoms with Gasteiger partial charge in [0.05, 0.1) is 5.56 Å². The maximum atomic E-state index is 13.1. The number of rotatable bonds is 4. The van der Waals surface area contributed by atoms with Crippen LogP contribution in [0, 0.1) is 25.7 Å². The van der Waals surface area contributed by atoms with Crippen LogP contribution in [0.25, 0.3) is 11.1 Å². The fraction of sp³-hybridized carbons (Fsp3) is 0.440. The number of hydrogen-bond acceptors (Lipinski definition) is 3. The zero-order valence-electron chi connectivity index (χ0n) is 17.6. The van der Waals surface area contributed by atoms with Crippen LogP contribution < -0.4 is 0 Å². The summed E-state index contributed by atoms with van der Waals surface area (Å²) in [6.45, 7) is 5.08. The van der Waals surface area contributed by atoms with E-state index >= 15 is 0 Å². The lowest BCUT2D eigenvalue weighted by molar-refractivity contribution is -0.137. The van der Waals surface area contributed by atoms with Crippen molar-refractivity contribution in [3.63, 3.8) is 0 Å². The van der Waals surface area contributed by atoms with Gasteiger partial charge in [-0.1, -0.05) is 24.3 Å². The van der Waals surface area contributed by atoms with Crippen molar-refractivity contribution in [2.45, 2.75) is 45.2 Å². The molecule has 6 heteroatoms. The quantitative estimate of drug-likeness (QED) is 0.588. The van der Waals surface area contributed by atoms with E-state index in [1.165, 1.54) is 12.1 Å². The van der Waals surface area contributed by atoms with E-state index in [4.69, 9.17) is 4.74 Å². The van der Waals surface area contributed by atoms with Crippen molar-refractivity contribution in [3.8, 4) is 11.1 Å². The summed E-state index contributed by atoms with van der Waals surface area (Å²) in [6.07, 6.45) is -2.47. The van der Waals surface area contributed by atoms with E-state index in [1.807, 2.05) is 26.0 Å². The van der Waals surface area contributed by atoms with E-state index in [0.717, 1.165) is 40.8 Å². The molecule has 0 radical (unpaired) electrons. The Kier molecular flexibility index (Phi) is 5.77. The number of carbonyl (C=O) groups excluding carboxylic acids is 2. The molecule has 3 nitrogen and oxygen atoms in total. The van der Waals surface area contributed by atoms with Gasteiger partial charge in [0, 0.05) is 25.6 Å². The molecule has 0 aromatic heterocycles. The summed E-state index contributed by atoms with van der Waals surface area (Å²) >= 11 is 0. The molecule has 0 bridgehead atoms. The van der Waals surface area contributed by atoms with E-state index in [0.29, 0.717) is 31.1 Å². The first kappa shape index (κ1) is 21.8. The van der Waals surface area contributed by atoms with E-state index in [1.54, 1.807) is 0 Å². The maximum Gasteiger partial charge on any atom is 0.416 e. The summed E-state index contributed by atoms with van der Waals surface area (Å²) in [5, 5.41) is 0. The van der Waals surface area contributed by atoms with Gasteiger partial charge in [-0.15, -0.1) is 0 Å². The van der Waals surface area contributed by atoms with Crippen LogP contribution >= 0.6 is 0 Å². The van der Waals surface area contributed by atoms with Crippen LogP contribution in [0.4, 0.5) is 13.2 Å². The van der Waals surface area contributed by atoms with Crippen molar-refractivity contribution in [3.05, 3.63) is 58.7 Å². The predicted octanol–water partition coefficient (Wildman–Crippen LogP) is 5.66. The van der Waals surface area contributed by atoms with Gasteiger partial charge in [0.15, 0.2) is 5.78 Å². The van der Waals surface area contributed by atoms with Gasteiger partial charge in [-0.25, -0.2) is 0 Å². The Morgan fingerprint density at radius 3 is 2.19 bits per heavy atom. The summed E-state index contributed by atoms with van der Waals surface area (Å²) in [5.74, 6) is -0.705. The molecule has 3 atom stereocenters. The number of benzene rings is 2. The lowest BCUT2D eigenvalue weighted by Gasteiger charge is -2.18. The molecule has 1 aliphatic heterocycles. The second-order valence-electron chi connectivity index (χ2n) is 8.77. The van der Waals surface area contributed by atoms with Gasteiger partial charge in [-0.3, -0.25) is 9.59 Å². The largest absolute Gasteiger partial charge is 0.416 e. The Bertz CT molecular complexity index is 979. The number of aryl methyl sites for hydroxylation is 2. The summed E-state index contributed by atoms with van der Waals surface area (Å²) in [7, 11) is 0. The third-order valence-corrected chi connectivity index (χ3v) is 6.53. The molecule has 0 spiro atoms. The van der Waals surface area contributed by atoms with Gasteiger partial charge in [0.25, 0.3) is 0 Å². The van der Waals surface area contributed by atoms with Crippen molar-refractivity contribution < 1.29 is 27.5 Å². The van der Waals surface area contributed by atoms with E-state index < -0.39 is 17.7 Å². The van der Waals surface area contributed by atoms with Crippen molar-refractivity contribution in [1.82, 2.24) is 0 Å². The van der Waals surface area contributed by atoms with E-state index in [2.05, 4.69) is 0 Å². The Balaban J connectivity index is 1.60. The Morgan fingerprint density at radius 2 is 1.65 bits per heavy atom. The summed E-state index contributed by atoms with van der Waals surface area (Å²) in [4.78, 5) is 25.9. The molecule has 1 aliphatic carbocycles. The van der Waals surface area contributed by atoms with Crippen LogP contribution in [0.5, 0.6) is 0 Å². The molecule has 0 N–H and O–H groups in total. The van der Waals surface area contributed by atoms with Crippen molar-refractivity contribution >= 4 is 11.6 Å². The summed E-state index contributed by atoms with van der Waals surface area (Å²) in [6, 6.07) is 8.72. The molecular formula is C25H25F3O3. The van der Waals surface area contributed by atoms with Crippen LogP contribution in [0.15, 0.2) is 36.4 Å². The maximum absolute atomic E-state index is 13.1. The molecule has 4 rings (SSSR count). The Labute approximate surface area is 179 Å². The number of halogens is 3. The van der Waals surface area contributed by atoms with Crippen molar-refractivity contribution in [2.75, 3.05) is 13.2 Å². The minimum absolute atomic E-state index is 0.00891. The molecule has 2 aromatic carbocycles. The Hall–Kier alpha value is -2.47. The SMILES string of the molecule is Cc1cc(-c2ccc(C(F)(F)F)cc2)cc(C)c1C1C(=O)CC(CC2CCOC2)C1=O. The van der Waals surface area contributed by atoms with Gasteiger partial charge in [-0.05, 0) is 72.6 Å².